The first-order chi connectivity index (χ1) is 20.2. The Bertz CT molecular complexity index is 1690. The molecule has 15 heteroatoms. The maximum atomic E-state index is 15.5. The van der Waals surface area contributed by atoms with E-state index in [1.807, 2.05) is 0 Å². The van der Waals surface area contributed by atoms with Gasteiger partial charge in [0.1, 0.15) is 16.9 Å². The fourth-order valence-electron chi connectivity index (χ4n) is 5.28. The Morgan fingerprint density at radius 2 is 2.02 bits per heavy atom. The fraction of sp³-hybridized carbons (Fsp3) is 0.480. The van der Waals surface area contributed by atoms with E-state index >= 15 is 17.6 Å². The second-order valence-corrected chi connectivity index (χ2v) is 9.88. The Morgan fingerprint density at radius 1 is 1.23 bits per heavy atom. The van der Waals surface area contributed by atoms with Gasteiger partial charge in [0.25, 0.3) is 12.3 Å². The van der Waals surface area contributed by atoms with Crippen molar-refractivity contribution in [1.82, 2.24) is 29.0 Å². The molecule has 1 N–H and O–H groups in total. The SMILES string of the molecule is [2H]C([2H])([2H])Oc1nc(NC2CCN(C3COC3)CC2(F)F)nn2cc(F)c(-c3cc(F)c4nc(C)n(CC(F)F)c4c3)c12. The number of anilines is 1. The Balaban J connectivity index is 1.42. The van der Waals surface area contributed by atoms with Crippen LogP contribution in [-0.2, 0) is 11.3 Å². The third kappa shape index (κ3) is 4.50. The molecule has 4 aromatic rings. The standard InChI is InChI=1S/C25H25F6N7O2/c1-12-32-21-15(26)5-13(6-17(21)37(12)8-19(28)29)20-16(27)7-38-22(20)23(39-2)34-24(35-38)33-18-3-4-36(11-25(18,30)31)14-9-40-10-14/h5-7,14,18-19H,3-4,8-11H2,1-2H3,(H,33,35)/i2D3. The number of aryl methyl sites for hydroxylation is 1. The first-order valence-corrected chi connectivity index (χ1v) is 12.4. The van der Waals surface area contributed by atoms with Gasteiger partial charge in [-0.1, -0.05) is 0 Å². The highest BCUT2D eigenvalue weighted by Gasteiger charge is 2.47. The molecule has 5 heterocycles. The number of hydrogen-bond donors (Lipinski definition) is 1. The van der Waals surface area contributed by atoms with Crippen LogP contribution in [0.15, 0.2) is 18.3 Å². The molecule has 1 atom stereocenters. The van der Waals surface area contributed by atoms with Crippen LogP contribution in [0.3, 0.4) is 0 Å². The molecule has 0 radical (unpaired) electrons. The lowest BCUT2D eigenvalue weighted by Crippen LogP contribution is -2.61. The molecule has 1 unspecified atom stereocenters. The molecular formula is C25H25F6N7O2. The van der Waals surface area contributed by atoms with Crippen molar-refractivity contribution >= 4 is 22.5 Å². The number of rotatable bonds is 7. The highest BCUT2D eigenvalue weighted by Crippen LogP contribution is 2.37. The van der Waals surface area contributed by atoms with Crippen molar-refractivity contribution in [2.75, 3.05) is 38.7 Å². The predicted octanol–water partition coefficient (Wildman–Crippen LogP) is 4.13. The lowest BCUT2D eigenvalue weighted by Gasteiger charge is -2.44. The lowest BCUT2D eigenvalue weighted by atomic mass is 9.98. The summed E-state index contributed by atoms with van der Waals surface area (Å²) in [4.78, 5) is 9.63. The molecule has 1 aromatic carbocycles. The molecule has 3 aromatic heterocycles. The molecule has 0 spiro atoms. The van der Waals surface area contributed by atoms with Gasteiger partial charge in [-0.2, -0.15) is 4.98 Å². The minimum atomic E-state index is -3.23. The number of halogens is 6. The Hall–Kier alpha value is -3.59. The van der Waals surface area contributed by atoms with E-state index in [2.05, 4.69) is 20.4 Å². The normalized spacial score (nSPS) is 21.4. The summed E-state index contributed by atoms with van der Waals surface area (Å²) in [6, 6.07) is 0.609. The van der Waals surface area contributed by atoms with Gasteiger partial charge < -0.3 is 19.4 Å². The van der Waals surface area contributed by atoms with Gasteiger partial charge in [0.15, 0.2) is 11.6 Å². The number of nitrogens with zero attached hydrogens (tertiary/aromatic N) is 6. The van der Waals surface area contributed by atoms with Crippen LogP contribution < -0.4 is 10.1 Å². The minimum Gasteiger partial charge on any atom is -0.479 e. The van der Waals surface area contributed by atoms with Crippen molar-refractivity contribution < 1.29 is 39.9 Å². The molecule has 6 rings (SSSR count). The largest absolute Gasteiger partial charge is 0.479 e. The van der Waals surface area contributed by atoms with Crippen molar-refractivity contribution in [2.45, 2.75) is 44.3 Å². The maximum Gasteiger partial charge on any atom is 0.280 e. The van der Waals surface area contributed by atoms with Gasteiger partial charge >= 0.3 is 0 Å². The van der Waals surface area contributed by atoms with Gasteiger partial charge in [-0.15, -0.1) is 5.10 Å². The highest BCUT2D eigenvalue weighted by atomic mass is 19.3. The molecule has 40 heavy (non-hydrogen) atoms. The molecule has 214 valence electrons. The zero-order valence-corrected chi connectivity index (χ0v) is 21.0. The molecule has 0 saturated carbocycles. The summed E-state index contributed by atoms with van der Waals surface area (Å²) < 4.78 is 122. The van der Waals surface area contributed by atoms with Crippen LogP contribution in [0.4, 0.5) is 32.3 Å². The number of methoxy groups -OCH3 is 1. The van der Waals surface area contributed by atoms with Crippen LogP contribution in [0.5, 0.6) is 5.88 Å². The summed E-state index contributed by atoms with van der Waals surface area (Å²) in [5.41, 5.74) is -1.18. The minimum absolute atomic E-state index is 0.00332. The smallest absolute Gasteiger partial charge is 0.280 e. The molecule has 9 nitrogen and oxygen atoms in total. The number of hydrogen-bond acceptors (Lipinski definition) is 7. The van der Waals surface area contributed by atoms with Crippen LogP contribution in [0.2, 0.25) is 0 Å². The number of ether oxygens (including phenoxy) is 2. The predicted molar refractivity (Wildman–Crippen MR) is 132 cm³/mol. The van der Waals surface area contributed by atoms with Gasteiger partial charge in [0, 0.05) is 6.54 Å². The van der Waals surface area contributed by atoms with E-state index in [0.717, 1.165) is 21.3 Å². The Labute approximate surface area is 227 Å². The number of fused-ring (bicyclic) bond motifs is 2. The van der Waals surface area contributed by atoms with Crippen LogP contribution in [0.25, 0.3) is 27.7 Å². The topological polar surface area (TPSA) is 81.7 Å². The summed E-state index contributed by atoms with van der Waals surface area (Å²) in [7, 11) is -3.10. The van der Waals surface area contributed by atoms with Crippen LogP contribution in [-0.4, -0.2) is 86.8 Å². The third-order valence-corrected chi connectivity index (χ3v) is 7.33. The van der Waals surface area contributed by atoms with Gasteiger partial charge in [0.2, 0.25) is 11.8 Å². The molecule has 0 amide bonds. The monoisotopic (exact) mass is 572 g/mol. The van der Waals surface area contributed by atoms with Crippen molar-refractivity contribution in [1.29, 1.82) is 0 Å². The number of likely N-dealkylation sites (tertiary alicyclic amines) is 1. The number of piperidine rings is 1. The zero-order valence-electron chi connectivity index (χ0n) is 24.0. The van der Waals surface area contributed by atoms with Crippen molar-refractivity contribution in [2.24, 2.45) is 0 Å². The van der Waals surface area contributed by atoms with Crippen molar-refractivity contribution in [3.63, 3.8) is 0 Å². The van der Waals surface area contributed by atoms with E-state index in [9.17, 15) is 8.78 Å². The molecule has 0 bridgehead atoms. The summed E-state index contributed by atoms with van der Waals surface area (Å²) >= 11 is 0. The lowest BCUT2D eigenvalue weighted by molar-refractivity contribution is -0.131. The van der Waals surface area contributed by atoms with Crippen molar-refractivity contribution in [3.05, 3.63) is 35.8 Å². The number of alkyl halides is 4. The number of aromatic nitrogens is 5. The third-order valence-electron chi connectivity index (χ3n) is 7.33. The van der Waals surface area contributed by atoms with Gasteiger partial charge in [0.05, 0.1) is 66.8 Å². The molecule has 2 fully saturated rings. The van der Waals surface area contributed by atoms with Gasteiger partial charge in [-0.25, -0.2) is 35.8 Å². The Morgan fingerprint density at radius 3 is 2.70 bits per heavy atom. The van der Waals surface area contributed by atoms with Gasteiger partial charge in [-0.05, 0) is 31.0 Å². The first kappa shape index (κ1) is 23.1. The number of imidazole rings is 1. The molecule has 2 aliphatic rings. The molecule has 0 aliphatic carbocycles. The van der Waals surface area contributed by atoms with E-state index in [-0.39, 0.29) is 40.4 Å². The number of benzene rings is 1. The quantitative estimate of drug-likeness (QED) is 0.334. The zero-order chi connectivity index (χ0) is 30.8. The highest BCUT2D eigenvalue weighted by molar-refractivity contribution is 5.90. The van der Waals surface area contributed by atoms with E-state index in [4.69, 9.17) is 13.6 Å². The van der Waals surface area contributed by atoms with E-state index in [1.54, 1.807) is 4.90 Å². The van der Waals surface area contributed by atoms with E-state index in [1.165, 1.54) is 13.0 Å². The summed E-state index contributed by atoms with van der Waals surface area (Å²) in [5.74, 6) is -6.23. The molecule has 2 saturated heterocycles. The summed E-state index contributed by atoms with van der Waals surface area (Å²) in [5, 5.41) is 6.61. The Kier molecular flexibility index (Phi) is 5.67. The average molecular weight is 573 g/mol. The van der Waals surface area contributed by atoms with E-state index in [0.29, 0.717) is 19.8 Å². The molecule has 2 aliphatic heterocycles. The summed E-state index contributed by atoms with van der Waals surface area (Å²) in [6.07, 6.45) is -1.97. The van der Waals surface area contributed by atoms with Crippen LogP contribution >= 0.6 is 0 Å². The average Bonchev–Trinajstić information content (AvgIpc) is 3.34. The summed E-state index contributed by atoms with van der Waals surface area (Å²) in [6.45, 7) is 1.15. The van der Waals surface area contributed by atoms with Crippen LogP contribution in [0, 0.1) is 18.6 Å². The van der Waals surface area contributed by atoms with Gasteiger partial charge in [-0.3, -0.25) is 4.90 Å². The van der Waals surface area contributed by atoms with Crippen molar-refractivity contribution in [3.8, 4) is 17.0 Å². The second kappa shape index (κ2) is 9.80. The fourth-order valence-corrected chi connectivity index (χ4v) is 5.28. The number of nitrogens with one attached hydrogen (secondary N) is 1. The van der Waals surface area contributed by atoms with Crippen LogP contribution in [0.1, 0.15) is 16.4 Å². The second-order valence-electron chi connectivity index (χ2n) is 9.88. The maximum absolute atomic E-state index is 15.5. The first-order valence-electron chi connectivity index (χ1n) is 13.9. The van der Waals surface area contributed by atoms with E-state index < -0.39 is 67.5 Å². The molecular weight excluding hydrogens is 544 g/mol.